The molecular formula is C37H43N3O7. The molecule has 2 N–H and O–H groups in total. The van der Waals surface area contributed by atoms with Gasteiger partial charge < -0.3 is 29.7 Å². The lowest BCUT2D eigenvalue weighted by atomic mass is 9.74. The van der Waals surface area contributed by atoms with E-state index in [0.29, 0.717) is 24.1 Å². The van der Waals surface area contributed by atoms with Gasteiger partial charge in [-0.1, -0.05) is 79.8 Å². The molecule has 5 bridgehead atoms. The molecule has 6 rings (SSSR count). The summed E-state index contributed by atoms with van der Waals surface area (Å²) in [6.45, 7) is 7.34. The number of aliphatic hydroxyl groups excluding tert-OH is 1. The van der Waals surface area contributed by atoms with Crippen molar-refractivity contribution in [2.45, 2.75) is 82.9 Å². The van der Waals surface area contributed by atoms with Gasteiger partial charge in [-0.25, -0.2) is 0 Å². The van der Waals surface area contributed by atoms with Crippen molar-refractivity contribution in [1.29, 1.82) is 0 Å². The van der Waals surface area contributed by atoms with Crippen molar-refractivity contribution >= 4 is 29.4 Å². The highest BCUT2D eigenvalue weighted by Crippen LogP contribution is 2.56. The molecule has 2 saturated heterocycles. The third-order valence-electron chi connectivity index (χ3n) is 10.1. The maximum absolute atomic E-state index is 15.1. The van der Waals surface area contributed by atoms with Crippen molar-refractivity contribution in [2.24, 2.45) is 11.8 Å². The van der Waals surface area contributed by atoms with Crippen LogP contribution in [-0.4, -0.2) is 76.7 Å². The van der Waals surface area contributed by atoms with Crippen molar-refractivity contribution in [2.75, 3.05) is 18.1 Å². The molecule has 2 aromatic rings. The Hall–Kier alpha value is -4.28. The third kappa shape index (κ3) is 5.57. The van der Waals surface area contributed by atoms with Gasteiger partial charge in [-0.15, -0.1) is 0 Å². The van der Waals surface area contributed by atoms with E-state index in [4.69, 9.17) is 9.47 Å². The number of hydrogen-bond acceptors (Lipinski definition) is 7. The SMILES string of the molecule is CC[C@@H](CO)N1C(=O)[C@@H]2[C@H]3C(=O)O[C@@H](c4ccccc4)[C@H](C)NC(=O)CC/C=C\CN(c4c(C)cccc4C)C(=O)[C@@H]1[C@]21C=C[C@H]3O1. The maximum Gasteiger partial charge on any atom is 0.313 e. The van der Waals surface area contributed by atoms with Crippen LogP contribution in [0.5, 0.6) is 0 Å². The van der Waals surface area contributed by atoms with Gasteiger partial charge in [0.25, 0.3) is 5.91 Å². The number of amides is 3. The van der Waals surface area contributed by atoms with Crippen LogP contribution in [0.2, 0.25) is 0 Å². The molecule has 47 heavy (non-hydrogen) atoms. The summed E-state index contributed by atoms with van der Waals surface area (Å²) in [7, 11) is 0. The monoisotopic (exact) mass is 641 g/mol. The standard InChI is InChI=1S/C37H43N3O7/c1-5-26(21-41)40-33-35(44)39(31-22(2)13-12-14-23(31)3)20-11-7-10-17-28(42)38-24(4)32(25-15-8-6-9-16-25)46-36(45)29-27-18-19-37(33,47-27)30(29)34(40)43/h6-9,11-16,18-19,24,26-27,29-30,32-33,41H,5,10,17,20-21H2,1-4H3,(H,38,42)/b11-7-/t24-,26-,27+,29-,30-,32+,33+,37-/m0/s1. The quantitative estimate of drug-likeness (QED) is 0.377. The smallest absolute Gasteiger partial charge is 0.313 e. The number of hydrogen-bond donors (Lipinski definition) is 2. The van der Waals surface area contributed by atoms with Gasteiger partial charge in [-0.05, 0) is 50.3 Å². The van der Waals surface area contributed by atoms with Crippen molar-refractivity contribution < 1.29 is 33.8 Å². The molecule has 248 valence electrons. The van der Waals surface area contributed by atoms with Gasteiger partial charge in [0, 0.05) is 18.7 Å². The lowest BCUT2D eigenvalue weighted by Gasteiger charge is -2.39. The number of esters is 1. The average Bonchev–Trinajstić information content (AvgIpc) is 3.70. The zero-order chi connectivity index (χ0) is 33.5. The molecule has 10 nitrogen and oxygen atoms in total. The summed E-state index contributed by atoms with van der Waals surface area (Å²) in [6.07, 6.45) is 6.68. The number of nitrogens with zero attached hydrogens (tertiary/aromatic N) is 2. The summed E-state index contributed by atoms with van der Waals surface area (Å²) in [5.74, 6) is -3.69. The molecule has 4 aliphatic heterocycles. The van der Waals surface area contributed by atoms with Gasteiger partial charge in [-0.2, -0.15) is 0 Å². The highest BCUT2D eigenvalue weighted by molar-refractivity contribution is 6.06. The fraction of sp³-hybridized carbons (Fsp3) is 0.459. The molecule has 0 saturated carbocycles. The topological polar surface area (TPSA) is 125 Å². The van der Waals surface area contributed by atoms with E-state index in [1.807, 2.05) is 81.5 Å². The second-order valence-electron chi connectivity index (χ2n) is 13.0. The molecule has 3 amide bonds. The van der Waals surface area contributed by atoms with E-state index >= 15 is 4.79 Å². The summed E-state index contributed by atoms with van der Waals surface area (Å²) in [5.41, 5.74) is 1.74. The lowest BCUT2D eigenvalue weighted by molar-refractivity contribution is -0.161. The number of para-hydroxylation sites is 1. The number of ether oxygens (including phenoxy) is 2. The van der Waals surface area contributed by atoms with Gasteiger partial charge in [0.05, 0.1) is 30.7 Å². The molecule has 8 atom stereocenters. The first kappa shape index (κ1) is 32.7. The van der Waals surface area contributed by atoms with Crippen LogP contribution >= 0.6 is 0 Å². The number of aliphatic hydroxyl groups is 1. The van der Waals surface area contributed by atoms with E-state index in [9.17, 15) is 19.5 Å². The fourth-order valence-corrected chi connectivity index (χ4v) is 7.85. The van der Waals surface area contributed by atoms with Crippen LogP contribution in [0, 0.1) is 25.7 Å². The van der Waals surface area contributed by atoms with E-state index in [-0.39, 0.29) is 31.4 Å². The number of anilines is 1. The Balaban J connectivity index is 1.49. The Kier molecular flexibility index (Phi) is 9.09. The minimum Gasteiger partial charge on any atom is -0.455 e. The van der Waals surface area contributed by atoms with Gasteiger partial charge in [0.1, 0.15) is 23.7 Å². The summed E-state index contributed by atoms with van der Waals surface area (Å²) in [6, 6.07) is 12.6. The highest BCUT2D eigenvalue weighted by atomic mass is 16.6. The first-order chi connectivity index (χ1) is 22.6. The first-order valence-corrected chi connectivity index (χ1v) is 16.5. The number of cyclic esters (lactones) is 1. The molecule has 4 aliphatic rings. The van der Waals surface area contributed by atoms with Crippen LogP contribution in [0.4, 0.5) is 5.69 Å². The van der Waals surface area contributed by atoms with Crippen molar-refractivity contribution in [3.63, 3.8) is 0 Å². The number of aryl methyl sites for hydroxylation is 2. The number of carbonyl (C=O) groups excluding carboxylic acids is 4. The second-order valence-corrected chi connectivity index (χ2v) is 13.0. The molecule has 2 fully saturated rings. The Morgan fingerprint density at radius 1 is 1.00 bits per heavy atom. The molecule has 10 heteroatoms. The summed E-state index contributed by atoms with van der Waals surface area (Å²) in [4.78, 5) is 60.0. The van der Waals surface area contributed by atoms with E-state index in [0.717, 1.165) is 11.1 Å². The largest absolute Gasteiger partial charge is 0.455 e. The molecule has 0 unspecified atom stereocenters. The second kappa shape index (κ2) is 13.1. The fourth-order valence-electron chi connectivity index (χ4n) is 7.85. The Morgan fingerprint density at radius 3 is 2.40 bits per heavy atom. The first-order valence-electron chi connectivity index (χ1n) is 16.5. The van der Waals surface area contributed by atoms with Gasteiger partial charge >= 0.3 is 5.97 Å². The molecule has 0 aliphatic carbocycles. The number of rotatable bonds is 5. The van der Waals surface area contributed by atoms with E-state index in [1.165, 1.54) is 4.90 Å². The predicted molar refractivity (Wildman–Crippen MR) is 175 cm³/mol. The average molecular weight is 642 g/mol. The normalized spacial score (nSPS) is 32.3. The number of likely N-dealkylation sites (tertiary alicyclic amines) is 1. The Bertz CT molecular complexity index is 1580. The van der Waals surface area contributed by atoms with Gasteiger partial charge in [0.15, 0.2) is 0 Å². The molecule has 4 heterocycles. The van der Waals surface area contributed by atoms with Gasteiger partial charge in [-0.3, -0.25) is 19.2 Å². The number of fused-ring (bicyclic) bond motifs is 2. The molecule has 0 radical (unpaired) electrons. The molecule has 1 spiro atoms. The number of nitrogens with one attached hydrogen (secondary N) is 1. The van der Waals surface area contributed by atoms with Crippen LogP contribution in [0.25, 0.3) is 0 Å². The lowest BCUT2D eigenvalue weighted by Crippen LogP contribution is -2.58. The van der Waals surface area contributed by atoms with Gasteiger partial charge in [0.2, 0.25) is 11.8 Å². The molecule has 2 aromatic carbocycles. The Morgan fingerprint density at radius 2 is 1.72 bits per heavy atom. The summed E-state index contributed by atoms with van der Waals surface area (Å²) in [5, 5.41) is 13.5. The summed E-state index contributed by atoms with van der Waals surface area (Å²) < 4.78 is 12.8. The van der Waals surface area contributed by atoms with E-state index in [1.54, 1.807) is 24.0 Å². The predicted octanol–water partition coefficient (Wildman–Crippen LogP) is 3.70. The van der Waals surface area contributed by atoms with Crippen LogP contribution < -0.4 is 10.2 Å². The number of benzene rings is 2. The van der Waals surface area contributed by atoms with E-state index < -0.39 is 59.6 Å². The zero-order valence-electron chi connectivity index (χ0n) is 27.3. The Labute approximate surface area is 275 Å². The minimum atomic E-state index is -1.43. The number of carbonyl (C=O) groups is 4. The van der Waals surface area contributed by atoms with Crippen molar-refractivity contribution in [1.82, 2.24) is 10.2 Å². The summed E-state index contributed by atoms with van der Waals surface area (Å²) >= 11 is 0. The van der Waals surface area contributed by atoms with Crippen LogP contribution in [0.1, 0.15) is 55.9 Å². The van der Waals surface area contributed by atoms with E-state index in [2.05, 4.69) is 5.32 Å². The van der Waals surface area contributed by atoms with Crippen molar-refractivity contribution in [3.8, 4) is 0 Å². The molecule has 0 aromatic heterocycles. The highest BCUT2D eigenvalue weighted by Gasteiger charge is 2.74. The van der Waals surface area contributed by atoms with Crippen LogP contribution in [-0.2, 0) is 28.7 Å². The van der Waals surface area contributed by atoms with Crippen LogP contribution in [0.3, 0.4) is 0 Å². The minimum absolute atomic E-state index is 0.187. The zero-order valence-corrected chi connectivity index (χ0v) is 27.3. The third-order valence-corrected chi connectivity index (χ3v) is 10.1. The van der Waals surface area contributed by atoms with Crippen molar-refractivity contribution in [3.05, 3.63) is 89.5 Å². The number of allylic oxidation sites excluding steroid dienone is 1. The molecular weight excluding hydrogens is 598 g/mol. The van der Waals surface area contributed by atoms with Crippen LogP contribution in [0.15, 0.2) is 72.8 Å². The maximum atomic E-state index is 15.1.